The monoisotopic (exact) mass is 571 g/mol. The smallest absolute Gasteiger partial charge is 0.410 e. The fourth-order valence-electron chi connectivity index (χ4n) is 5.58. The molecule has 10 nitrogen and oxygen atoms in total. The number of likely N-dealkylation sites (tertiary alicyclic amines) is 2. The van der Waals surface area contributed by atoms with Gasteiger partial charge in [0.25, 0.3) is 5.91 Å². The van der Waals surface area contributed by atoms with Crippen LogP contribution in [0.2, 0.25) is 0 Å². The molecule has 41 heavy (non-hydrogen) atoms. The van der Waals surface area contributed by atoms with Crippen molar-refractivity contribution in [1.82, 2.24) is 20.4 Å². The van der Waals surface area contributed by atoms with Crippen molar-refractivity contribution in [2.24, 2.45) is 11.8 Å². The Kier molecular flexibility index (Phi) is 11.8. The van der Waals surface area contributed by atoms with E-state index in [0.29, 0.717) is 50.8 Å². The molecule has 2 aliphatic heterocycles. The Morgan fingerprint density at radius 2 is 1.78 bits per heavy atom. The molecule has 3 rings (SSSR count). The second-order valence-corrected chi connectivity index (χ2v) is 12.3. The van der Waals surface area contributed by atoms with Crippen LogP contribution >= 0.6 is 0 Å². The average Bonchev–Trinajstić information content (AvgIpc) is 2.97. The van der Waals surface area contributed by atoms with Crippen LogP contribution in [0.4, 0.5) is 4.79 Å². The predicted molar refractivity (Wildman–Crippen MR) is 159 cm³/mol. The molecular formula is C31H49N5O5. The molecule has 1 aromatic rings. The van der Waals surface area contributed by atoms with Crippen LogP contribution in [0.25, 0.3) is 0 Å². The number of guanidine groups is 1. The van der Waals surface area contributed by atoms with Crippen LogP contribution in [-0.2, 0) is 14.3 Å². The van der Waals surface area contributed by atoms with E-state index in [1.54, 1.807) is 4.90 Å². The SMILES string of the molecule is CCCCC(C=O)(NC(=N)NCC1CCN(C(=O)COc2ccccc2)CC1)C1CCCN(C(=O)OC(C)(C)C)C1. The normalized spacial score (nSPS) is 19.6. The van der Waals surface area contributed by atoms with Gasteiger partial charge in [-0.2, -0.15) is 0 Å². The fraction of sp³-hybridized carbons (Fsp3) is 0.677. The van der Waals surface area contributed by atoms with Gasteiger partial charge in [-0.1, -0.05) is 38.0 Å². The van der Waals surface area contributed by atoms with E-state index in [1.807, 2.05) is 56.0 Å². The summed E-state index contributed by atoms with van der Waals surface area (Å²) < 4.78 is 11.2. The molecule has 2 aliphatic rings. The Labute approximate surface area is 245 Å². The summed E-state index contributed by atoms with van der Waals surface area (Å²) in [5, 5.41) is 15.1. The molecule has 2 atom stereocenters. The van der Waals surface area contributed by atoms with Gasteiger partial charge in [0.1, 0.15) is 23.2 Å². The Morgan fingerprint density at radius 3 is 2.41 bits per heavy atom. The van der Waals surface area contributed by atoms with Crippen LogP contribution in [0.3, 0.4) is 0 Å². The molecule has 2 saturated heterocycles. The van der Waals surface area contributed by atoms with Gasteiger partial charge in [-0.25, -0.2) is 4.79 Å². The molecule has 2 unspecified atom stereocenters. The van der Waals surface area contributed by atoms with Crippen molar-refractivity contribution in [2.45, 2.75) is 83.8 Å². The second kappa shape index (κ2) is 15.1. The van der Waals surface area contributed by atoms with Gasteiger partial charge in [0.15, 0.2) is 12.6 Å². The maximum absolute atomic E-state index is 12.8. The second-order valence-electron chi connectivity index (χ2n) is 12.3. The fourth-order valence-corrected chi connectivity index (χ4v) is 5.58. The van der Waals surface area contributed by atoms with Crippen molar-refractivity contribution < 1.29 is 23.9 Å². The highest BCUT2D eigenvalue weighted by molar-refractivity contribution is 5.82. The number of benzene rings is 1. The first kappa shape index (κ1) is 32.2. The van der Waals surface area contributed by atoms with Gasteiger partial charge in [0, 0.05) is 38.6 Å². The Balaban J connectivity index is 1.50. The lowest BCUT2D eigenvalue weighted by Gasteiger charge is -2.43. The number of carbonyl (C=O) groups excluding carboxylic acids is 3. The third kappa shape index (κ3) is 9.93. The van der Waals surface area contributed by atoms with E-state index >= 15 is 0 Å². The summed E-state index contributed by atoms with van der Waals surface area (Å²) in [5.74, 6) is 0.978. The number of hydrogen-bond donors (Lipinski definition) is 3. The van der Waals surface area contributed by atoms with Crippen molar-refractivity contribution in [3.8, 4) is 5.75 Å². The third-order valence-electron chi connectivity index (χ3n) is 7.95. The first-order valence-electron chi connectivity index (χ1n) is 15.1. The molecule has 2 heterocycles. The number of aldehydes is 1. The van der Waals surface area contributed by atoms with Gasteiger partial charge in [-0.15, -0.1) is 0 Å². The molecule has 10 heteroatoms. The van der Waals surface area contributed by atoms with Gasteiger partial charge >= 0.3 is 6.09 Å². The zero-order chi connectivity index (χ0) is 29.9. The largest absolute Gasteiger partial charge is 0.484 e. The number of amides is 2. The molecule has 0 radical (unpaired) electrons. The molecule has 0 bridgehead atoms. The van der Waals surface area contributed by atoms with Gasteiger partial charge < -0.3 is 34.7 Å². The minimum atomic E-state index is -0.935. The summed E-state index contributed by atoms with van der Waals surface area (Å²) in [6, 6.07) is 9.33. The highest BCUT2D eigenvalue weighted by Gasteiger charge is 2.42. The van der Waals surface area contributed by atoms with Crippen LogP contribution in [0.5, 0.6) is 5.75 Å². The quantitative estimate of drug-likeness (QED) is 0.207. The van der Waals surface area contributed by atoms with E-state index < -0.39 is 11.1 Å². The molecule has 0 aromatic heterocycles. The Morgan fingerprint density at radius 1 is 1.07 bits per heavy atom. The summed E-state index contributed by atoms with van der Waals surface area (Å²) in [4.78, 5) is 41.5. The van der Waals surface area contributed by atoms with E-state index in [-0.39, 0.29) is 30.5 Å². The maximum atomic E-state index is 12.8. The molecule has 3 N–H and O–H groups in total. The lowest BCUT2D eigenvalue weighted by molar-refractivity contribution is -0.134. The van der Waals surface area contributed by atoms with E-state index in [1.165, 1.54) is 0 Å². The summed E-state index contributed by atoms with van der Waals surface area (Å²) in [6.45, 7) is 10.6. The Bertz CT molecular complexity index is 1010. The lowest BCUT2D eigenvalue weighted by Crippen LogP contribution is -2.62. The molecule has 0 saturated carbocycles. The van der Waals surface area contributed by atoms with Crippen molar-refractivity contribution in [1.29, 1.82) is 5.41 Å². The minimum Gasteiger partial charge on any atom is -0.484 e. The number of rotatable bonds is 11. The van der Waals surface area contributed by atoms with E-state index in [2.05, 4.69) is 17.6 Å². The summed E-state index contributed by atoms with van der Waals surface area (Å²) in [5.41, 5.74) is -1.52. The van der Waals surface area contributed by atoms with Gasteiger partial charge in [0.05, 0.1) is 0 Å². The van der Waals surface area contributed by atoms with Crippen molar-refractivity contribution in [2.75, 3.05) is 39.3 Å². The van der Waals surface area contributed by atoms with Gasteiger partial charge in [0.2, 0.25) is 0 Å². The average molecular weight is 572 g/mol. The van der Waals surface area contributed by atoms with Crippen LogP contribution in [0, 0.1) is 17.2 Å². The zero-order valence-corrected chi connectivity index (χ0v) is 25.2. The van der Waals surface area contributed by atoms with Crippen molar-refractivity contribution >= 4 is 24.2 Å². The summed E-state index contributed by atoms with van der Waals surface area (Å²) in [7, 11) is 0. The number of unbranched alkanes of at least 4 members (excludes halogenated alkanes) is 1. The predicted octanol–water partition coefficient (Wildman–Crippen LogP) is 4.19. The minimum absolute atomic E-state index is 0.0192. The first-order valence-corrected chi connectivity index (χ1v) is 15.1. The number of para-hydroxylation sites is 1. The highest BCUT2D eigenvalue weighted by atomic mass is 16.6. The molecule has 228 valence electrons. The topological polar surface area (TPSA) is 124 Å². The Hall–Kier alpha value is -3.30. The molecule has 1 aromatic carbocycles. The van der Waals surface area contributed by atoms with Crippen LogP contribution < -0.4 is 15.4 Å². The van der Waals surface area contributed by atoms with Gasteiger partial charge in [-0.3, -0.25) is 10.2 Å². The number of nitrogens with zero attached hydrogens (tertiary/aromatic N) is 2. The standard InChI is InChI=1S/C31H49N5O5/c1-5-6-16-31(23-37,25-11-10-17-36(21-25)29(39)41-30(2,3)4)34-28(32)33-20-24-14-18-35(19-15-24)27(38)22-40-26-12-8-7-9-13-26/h7-9,12-13,23-25H,5-6,10-11,14-22H2,1-4H3,(H3,32,33,34). The number of nitrogens with one attached hydrogen (secondary N) is 3. The summed E-state index contributed by atoms with van der Waals surface area (Å²) in [6.07, 6.45) is 6.18. The molecule has 2 fully saturated rings. The number of ether oxygens (including phenoxy) is 2. The lowest BCUT2D eigenvalue weighted by atomic mass is 9.76. The summed E-state index contributed by atoms with van der Waals surface area (Å²) >= 11 is 0. The third-order valence-corrected chi connectivity index (χ3v) is 7.95. The zero-order valence-electron chi connectivity index (χ0n) is 25.2. The number of carbonyl (C=O) groups is 3. The maximum Gasteiger partial charge on any atom is 0.410 e. The van der Waals surface area contributed by atoms with E-state index in [9.17, 15) is 14.4 Å². The molecular weight excluding hydrogens is 522 g/mol. The van der Waals surface area contributed by atoms with E-state index in [4.69, 9.17) is 14.9 Å². The molecule has 2 amide bonds. The van der Waals surface area contributed by atoms with Crippen LogP contribution in [-0.4, -0.2) is 84.5 Å². The van der Waals surface area contributed by atoms with Crippen molar-refractivity contribution in [3.05, 3.63) is 30.3 Å². The first-order chi connectivity index (χ1) is 19.5. The van der Waals surface area contributed by atoms with E-state index in [0.717, 1.165) is 44.8 Å². The van der Waals surface area contributed by atoms with Crippen LogP contribution in [0.15, 0.2) is 30.3 Å². The van der Waals surface area contributed by atoms with Crippen LogP contribution in [0.1, 0.15) is 72.6 Å². The van der Waals surface area contributed by atoms with Gasteiger partial charge in [-0.05, 0) is 70.9 Å². The highest BCUT2D eigenvalue weighted by Crippen LogP contribution is 2.31. The molecule has 0 spiro atoms. The number of hydrogen-bond acceptors (Lipinski definition) is 6. The number of piperidine rings is 2. The molecule has 0 aliphatic carbocycles. The van der Waals surface area contributed by atoms with Crippen molar-refractivity contribution in [3.63, 3.8) is 0 Å².